The molecule has 3 rings (SSSR count). The molecule has 0 radical (unpaired) electrons. The first-order valence-electron chi connectivity index (χ1n) is 6.04. The molecule has 0 atom stereocenters. The minimum atomic E-state index is -0.221. The van der Waals surface area contributed by atoms with Crippen LogP contribution in [-0.2, 0) is 0 Å². The van der Waals surface area contributed by atoms with E-state index in [-0.39, 0.29) is 5.82 Å². The highest BCUT2D eigenvalue weighted by atomic mass is 32.1. The van der Waals surface area contributed by atoms with Crippen LogP contribution in [0.4, 0.5) is 4.39 Å². The first-order chi connectivity index (χ1) is 9.06. The lowest BCUT2D eigenvalue weighted by atomic mass is 10.2. The van der Waals surface area contributed by atoms with Crippen molar-refractivity contribution in [3.8, 4) is 5.69 Å². The third-order valence-electron chi connectivity index (χ3n) is 3.25. The number of aromatic amines is 1. The van der Waals surface area contributed by atoms with E-state index in [4.69, 9.17) is 12.2 Å². The molecule has 0 fully saturated rings. The number of benzene rings is 2. The number of aryl methyl sites for hydroxylation is 2. The average Bonchev–Trinajstić information content (AvgIpc) is 2.68. The van der Waals surface area contributed by atoms with Crippen molar-refractivity contribution in [1.29, 1.82) is 0 Å². The van der Waals surface area contributed by atoms with Gasteiger partial charge in [-0.3, -0.25) is 4.57 Å². The molecule has 2 aromatic carbocycles. The third kappa shape index (κ3) is 1.98. The number of H-pyrrole nitrogens is 1. The molecule has 96 valence electrons. The number of hydrogen-bond acceptors (Lipinski definition) is 1. The standard InChI is InChI=1S/C15H13FN2S/c1-9-3-6-13-14(7-9)18(15(19)17-13)11-5-4-10(2)12(16)8-11/h3-8H,1-2H3,(H,17,19). The van der Waals surface area contributed by atoms with Gasteiger partial charge in [-0.2, -0.15) is 0 Å². The summed E-state index contributed by atoms with van der Waals surface area (Å²) in [6.45, 7) is 3.77. The number of nitrogens with one attached hydrogen (secondary N) is 1. The van der Waals surface area contributed by atoms with Crippen LogP contribution in [0.15, 0.2) is 36.4 Å². The Morgan fingerprint density at radius 2 is 1.89 bits per heavy atom. The highest BCUT2D eigenvalue weighted by Gasteiger charge is 2.08. The summed E-state index contributed by atoms with van der Waals surface area (Å²) in [6, 6.07) is 11.2. The van der Waals surface area contributed by atoms with Gasteiger partial charge in [-0.15, -0.1) is 0 Å². The lowest BCUT2D eigenvalue weighted by Crippen LogP contribution is -1.96. The van der Waals surface area contributed by atoms with Gasteiger partial charge in [-0.25, -0.2) is 4.39 Å². The van der Waals surface area contributed by atoms with E-state index in [0.717, 1.165) is 22.3 Å². The minimum absolute atomic E-state index is 0.221. The average molecular weight is 272 g/mol. The molecule has 0 amide bonds. The Morgan fingerprint density at radius 3 is 2.63 bits per heavy atom. The minimum Gasteiger partial charge on any atom is -0.330 e. The van der Waals surface area contributed by atoms with E-state index in [1.165, 1.54) is 6.07 Å². The van der Waals surface area contributed by atoms with Crippen molar-refractivity contribution in [2.75, 3.05) is 0 Å². The van der Waals surface area contributed by atoms with Crippen LogP contribution in [0, 0.1) is 24.4 Å². The molecule has 0 aliphatic rings. The predicted octanol–water partition coefficient (Wildman–Crippen LogP) is 4.44. The molecule has 1 N–H and O–H groups in total. The summed E-state index contributed by atoms with van der Waals surface area (Å²) in [5.74, 6) is -0.221. The van der Waals surface area contributed by atoms with Gasteiger partial charge in [-0.1, -0.05) is 12.1 Å². The first-order valence-corrected chi connectivity index (χ1v) is 6.45. The molecule has 4 heteroatoms. The molecular weight excluding hydrogens is 259 g/mol. The summed E-state index contributed by atoms with van der Waals surface area (Å²) < 4.78 is 16.2. The van der Waals surface area contributed by atoms with Crippen LogP contribution in [0.5, 0.6) is 0 Å². The van der Waals surface area contributed by atoms with Crippen molar-refractivity contribution in [2.24, 2.45) is 0 Å². The number of aromatic nitrogens is 2. The largest absolute Gasteiger partial charge is 0.330 e. The Labute approximate surface area is 115 Å². The fourth-order valence-electron chi connectivity index (χ4n) is 2.19. The smallest absolute Gasteiger partial charge is 0.182 e. The van der Waals surface area contributed by atoms with Gasteiger partial charge in [0.15, 0.2) is 4.77 Å². The maximum absolute atomic E-state index is 13.7. The van der Waals surface area contributed by atoms with E-state index in [1.54, 1.807) is 13.0 Å². The number of imidazole rings is 1. The molecule has 0 spiro atoms. The lowest BCUT2D eigenvalue weighted by Gasteiger charge is -2.06. The SMILES string of the molecule is Cc1ccc2[nH]c(=S)n(-c3ccc(C)c(F)c3)c2c1. The van der Waals surface area contributed by atoms with Gasteiger partial charge in [0, 0.05) is 0 Å². The number of nitrogens with zero attached hydrogens (tertiary/aromatic N) is 1. The highest BCUT2D eigenvalue weighted by molar-refractivity contribution is 7.71. The topological polar surface area (TPSA) is 20.7 Å². The van der Waals surface area contributed by atoms with Gasteiger partial charge in [0.25, 0.3) is 0 Å². The van der Waals surface area contributed by atoms with Crippen molar-refractivity contribution in [1.82, 2.24) is 9.55 Å². The number of rotatable bonds is 1. The summed E-state index contributed by atoms with van der Waals surface area (Å²) >= 11 is 5.34. The second kappa shape index (κ2) is 4.31. The third-order valence-corrected chi connectivity index (χ3v) is 3.54. The van der Waals surface area contributed by atoms with Crippen LogP contribution in [0.2, 0.25) is 0 Å². The van der Waals surface area contributed by atoms with Gasteiger partial charge in [0.05, 0.1) is 16.7 Å². The fourth-order valence-corrected chi connectivity index (χ4v) is 2.50. The highest BCUT2D eigenvalue weighted by Crippen LogP contribution is 2.22. The molecule has 3 aromatic rings. The molecule has 0 bridgehead atoms. The molecular formula is C15H13FN2S. The van der Waals surface area contributed by atoms with E-state index >= 15 is 0 Å². The Hall–Kier alpha value is -1.94. The zero-order chi connectivity index (χ0) is 13.6. The molecule has 1 aromatic heterocycles. The van der Waals surface area contributed by atoms with Crippen molar-refractivity contribution < 1.29 is 4.39 Å². The van der Waals surface area contributed by atoms with Crippen molar-refractivity contribution in [2.45, 2.75) is 13.8 Å². The van der Waals surface area contributed by atoms with Crippen LogP contribution in [0.25, 0.3) is 16.7 Å². The number of hydrogen-bond donors (Lipinski definition) is 1. The van der Waals surface area contributed by atoms with Crippen LogP contribution in [-0.4, -0.2) is 9.55 Å². The molecule has 0 saturated heterocycles. The van der Waals surface area contributed by atoms with Crippen molar-refractivity contribution >= 4 is 23.3 Å². The Balaban J connectivity index is 2.35. The summed E-state index contributed by atoms with van der Waals surface area (Å²) in [5.41, 5.74) is 4.43. The molecule has 0 unspecified atom stereocenters. The fraction of sp³-hybridized carbons (Fsp3) is 0.133. The van der Waals surface area contributed by atoms with Gasteiger partial charge < -0.3 is 4.98 Å². The summed E-state index contributed by atoms with van der Waals surface area (Å²) in [7, 11) is 0. The van der Waals surface area contributed by atoms with Crippen LogP contribution in [0.1, 0.15) is 11.1 Å². The monoisotopic (exact) mass is 272 g/mol. The summed E-state index contributed by atoms with van der Waals surface area (Å²) in [4.78, 5) is 3.14. The quantitative estimate of drug-likeness (QED) is 0.649. The van der Waals surface area contributed by atoms with E-state index in [0.29, 0.717) is 10.3 Å². The first kappa shape index (κ1) is 12.1. The van der Waals surface area contributed by atoms with Crippen LogP contribution in [0.3, 0.4) is 0 Å². The maximum atomic E-state index is 13.7. The molecule has 0 aliphatic heterocycles. The number of halogens is 1. The van der Waals surface area contributed by atoms with Crippen molar-refractivity contribution in [3.05, 3.63) is 58.1 Å². The molecule has 0 aliphatic carbocycles. The molecule has 19 heavy (non-hydrogen) atoms. The van der Waals surface area contributed by atoms with E-state index in [1.807, 2.05) is 35.8 Å². The van der Waals surface area contributed by atoms with Gasteiger partial charge >= 0.3 is 0 Å². The second-order valence-corrected chi connectivity index (χ2v) is 5.11. The summed E-state index contributed by atoms with van der Waals surface area (Å²) in [5, 5.41) is 0. The predicted molar refractivity (Wildman–Crippen MR) is 77.9 cm³/mol. The Morgan fingerprint density at radius 1 is 1.11 bits per heavy atom. The van der Waals surface area contributed by atoms with Gasteiger partial charge in [-0.05, 0) is 61.5 Å². The normalized spacial score (nSPS) is 11.1. The number of fused-ring (bicyclic) bond motifs is 1. The van der Waals surface area contributed by atoms with Crippen LogP contribution < -0.4 is 0 Å². The van der Waals surface area contributed by atoms with Crippen LogP contribution >= 0.6 is 12.2 Å². The van der Waals surface area contributed by atoms with E-state index in [2.05, 4.69) is 4.98 Å². The van der Waals surface area contributed by atoms with Crippen molar-refractivity contribution in [3.63, 3.8) is 0 Å². The zero-order valence-corrected chi connectivity index (χ0v) is 11.5. The van der Waals surface area contributed by atoms with Gasteiger partial charge in [0.2, 0.25) is 0 Å². The van der Waals surface area contributed by atoms with E-state index < -0.39 is 0 Å². The Bertz CT molecular complexity index is 830. The Kier molecular flexibility index (Phi) is 2.75. The maximum Gasteiger partial charge on any atom is 0.182 e. The van der Waals surface area contributed by atoms with Gasteiger partial charge in [0.1, 0.15) is 5.82 Å². The molecule has 2 nitrogen and oxygen atoms in total. The molecule has 0 saturated carbocycles. The second-order valence-electron chi connectivity index (χ2n) is 4.72. The summed E-state index contributed by atoms with van der Waals surface area (Å²) in [6.07, 6.45) is 0. The molecule has 1 heterocycles. The zero-order valence-electron chi connectivity index (χ0n) is 10.7. The van der Waals surface area contributed by atoms with E-state index in [9.17, 15) is 4.39 Å². The lowest BCUT2D eigenvalue weighted by molar-refractivity contribution is 0.617.